The molecular formula is C98H52N20Pt4. The molecular weight excluding hydrogens is 2240 g/mol. The Balaban J connectivity index is 0.000000116. The Bertz CT molecular complexity index is 6930. The van der Waals surface area contributed by atoms with E-state index in [1.54, 1.807) is 49.7 Å². The summed E-state index contributed by atoms with van der Waals surface area (Å²) in [5, 5.41) is 8.98. The van der Waals surface area contributed by atoms with E-state index in [1.165, 1.54) is 0 Å². The van der Waals surface area contributed by atoms with Crippen molar-refractivity contribution in [1.82, 2.24) is 59.8 Å². The van der Waals surface area contributed by atoms with Gasteiger partial charge in [-0.15, -0.1) is 178 Å². The smallest absolute Gasteiger partial charge is 0.439 e. The molecule has 0 atom stereocenters. The third kappa shape index (κ3) is 16.8. The van der Waals surface area contributed by atoms with Crippen LogP contribution in [0.5, 0.6) is 0 Å². The van der Waals surface area contributed by atoms with Gasteiger partial charge < -0.3 is 19.9 Å². The summed E-state index contributed by atoms with van der Waals surface area (Å²) in [4.78, 5) is 91.8. The maximum Gasteiger partial charge on any atom is 2.00 e. The van der Waals surface area contributed by atoms with Crippen molar-refractivity contribution in [3.63, 3.8) is 0 Å². The maximum atomic E-state index is 5.08. The zero-order chi connectivity index (χ0) is 78.2. The van der Waals surface area contributed by atoms with Crippen LogP contribution in [-0.4, -0.2) is 98.8 Å². The van der Waals surface area contributed by atoms with Crippen molar-refractivity contribution in [2.24, 2.45) is 39.9 Å². The molecule has 0 radical (unpaired) electrons. The number of rotatable bonds is 4. The van der Waals surface area contributed by atoms with Crippen molar-refractivity contribution in [3.8, 4) is 22.3 Å². The van der Waals surface area contributed by atoms with Gasteiger partial charge in [0.2, 0.25) is 0 Å². The third-order valence-electron chi connectivity index (χ3n) is 19.7. The van der Waals surface area contributed by atoms with Crippen molar-refractivity contribution < 1.29 is 84.3 Å². The molecule has 584 valence electrons. The molecule has 24 rings (SSSR count). The van der Waals surface area contributed by atoms with Crippen LogP contribution in [0.25, 0.3) is 123 Å². The minimum Gasteiger partial charge on any atom is -0.439 e. The van der Waals surface area contributed by atoms with Gasteiger partial charge in [0.25, 0.3) is 0 Å². The van der Waals surface area contributed by atoms with Crippen molar-refractivity contribution in [3.05, 3.63) is 383 Å². The molecule has 0 amide bonds. The zero-order valence-electron chi connectivity index (χ0n) is 63.2. The van der Waals surface area contributed by atoms with Crippen LogP contribution < -0.4 is 9.97 Å². The number of aromatic nitrogens is 12. The molecule has 0 saturated carbocycles. The van der Waals surface area contributed by atoms with Crippen LogP contribution in [0.15, 0.2) is 306 Å². The molecule has 32 bridgehead atoms. The van der Waals surface area contributed by atoms with E-state index in [-0.39, 0.29) is 84.3 Å². The molecule has 0 aliphatic carbocycles. The molecule has 10 aromatic carbocycles. The third-order valence-corrected chi connectivity index (χ3v) is 19.7. The number of hydrogen-bond donors (Lipinski definition) is 0. The number of nitrogens with zero attached hydrogens (tertiary/aromatic N) is 20. The first-order valence-corrected chi connectivity index (χ1v) is 37.6. The van der Waals surface area contributed by atoms with Crippen LogP contribution >= 0.6 is 0 Å². The van der Waals surface area contributed by atoms with Gasteiger partial charge in [-0.2, -0.15) is 0 Å². The molecule has 20 nitrogen and oxygen atoms in total. The molecule has 14 heterocycles. The van der Waals surface area contributed by atoms with Gasteiger partial charge in [0.1, 0.15) is 0 Å². The van der Waals surface area contributed by atoms with Gasteiger partial charge in [-0.1, -0.05) is 191 Å². The standard InChI is InChI=1S/C34H20N2.C26H14N8.C20H10N4.C18H8N6.4Pt/c1-3-9-23(10-4-1)33-27-15-7-13-25(21-27)30-18-20-32(36-30)34(24-11-5-2-6-12-24)28-16-8-14-26(22-28)29-17-19-31(33)35-29;1-3-7-15(8-4-1)21-17-11-27-23(31-17)25-29-13-19(33-25)22(16-9-5-2-6-10-16)20-14-30-26(34-20)24-28-12-18(21)32-24;1-3-13-7-15(5-1)19-21-12-18(23-19)10-14-4-2-6-16(8-14)20-22-11-17(9-13)24-20;1-3-11-7-13(5-1)21-15-9-20-18(24-15)12-4-2-6-14(8-12)22-16-10-19-17(11)23-16;;;;/h1-20H;1-14H;1-6,9-12H;1-6,9-10H;;;;/q4*-2;4*+2. The Hall–Kier alpha value is -14.0. The number of imidazole rings is 2. The summed E-state index contributed by atoms with van der Waals surface area (Å²) in [7, 11) is 0. The Kier molecular flexibility index (Phi) is 23.4. The zero-order valence-corrected chi connectivity index (χ0v) is 72.3. The molecule has 122 heavy (non-hydrogen) atoms. The second-order valence-electron chi connectivity index (χ2n) is 27.5. The fourth-order valence-corrected chi connectivity index (χ4v) is 14.3. The molecule has 0 unspecified atom stereocenters. The van der Waals surface area contributed by atoms with Gasteiger partial charge in [0.15, 0.2) is 23.3 Å². The van der Waals surface area contributed by atoms with Gasteiger partial charge in [0.05, 0.1) is 59.5 Å². The van der Waals surface area contributed by atoms with Gasteiger partial charge in [-0.05, 0) is 68.5 Å². The number of amidine groups is 2. The van der Waals surface area contributed by atoms with Gasteiger partial charge >= 0.3 is 84.3 Å². The van der Waals surface area contributed by atoms with E-state index >= 15 is 0 Å². The second kappa shape index (κ2) is 35.5. The SMILES string of the molecule is C1=NC2=NC1=C(c1ccccc1)c1cnc([n-]1)C1=NC(=C(c3ccccc3)c3cnc2[n-]3)C=N1.[Pt+2].[Pt+2].[Pt+2].[Pt+2].[c-]1c2cccc1c(-c1ccccc1)c1nc(c3[c-]c(ccc3)c(-c3ccccc3)c3nc2C=C3)C=C1.[c-]1c2cccc1c1nc(cc3[c-]c(ccc3)c3nc(c2)C=N3)C=N1.[c-]1c2cccc1c1nc(nc3[c-]c(ccc3)c3nc(n2)C=N3)C=N1. The van der Waals surface area contributed by atoms with E-state index in [0.717, 1.165) is 133 Å². The summed E-state index contributed by atoms with van der Waals surface area (Å²) >= 11 is 0. The Morgan fingerprint density at radius 3 is 1.04 bits per heavy atom. The molecule has 24 heteroatoms. The number of fused-ring (bicyclic) bond motifs is 38. The predicted octanol–water partition coefficient (Wildman–Crippen LogP) is 18.8. The quantitative estimate of drug-likeness (QED) is 0.149. The minimum absolute atomic E-state index is 0. The fraction of sp³-hybridized carbons (Fsp3) is 0. The first-order chi connectivity index (χ1) is 58.3. The van der Waals surface area contributed by atoms with Gasteiger partial charge in [-0.3, -0.25) is 49.9 Å². The van der Waals surface area contributed by atoms with E-state index in [0.29, 0.717) is 92.1 Å². The van der Waals surface area contributed by atoms with Crippen LogP contribution in [0, 0.1) is 36.4 Å². The van der Waals surface area contributed by atoms with Crippen LogP contribution in [0.2, 0.25) is 0 Å². The topological polar surface area (TPSA) is 256 Å². The first kappa shape index (κ1) is 80.4. The number of hydrogen-bond acceptors (Lipinski definition) is 18. The molecule has 9 aliphatic rings. The summed E-state index contributed by atoms with van der Waals surface area (Å²) in [6, 6.07) is 100. The van der Waals surface area contributed by atoms with Crippen molar-refractivity contribution >= 4 is 173 Å². The Morgan fingerprint density at radius 2 is 0.615 bits per heavy atom. The second-order valence-corrected chi connectivity index (χ2v) is 27.5. The molecule has 0 N–H and O–H groups in total. The first-order valence-electron chi connectivity index (χ1n) is 37.6. The normalized spacial score (nSPS) is 13.1. The molecule has 0 spiro atoms. The summed E-state index contributed by atoms with van der Waals surface area (Å²) < 4.78 is 0. The largest absolute Gasteiger partial charge is 2.00 e. The summed E-state index contributed by atoms with van der Waals surface area (Å²) in [5.41, 5.74) is 17.1. The van der Waals surface area contributed by atoms with Crippen LogP contribution in [0.3, 0.4) is 0 Å². The van der Waals surface area contributed by atoms with Gasteiger partial charge in [-0.25, -0.2) is 29.9 Å². The monoisotopic (exact) mass is 2290 g/mol. The molecule has 0 fully saturated rings. The summed E-state index contributed by atoms with van der Waals surface area (Å²) in [5.74, 6) is 5.31. The minimum atomic E-state index is 0. The van der Waals surface area contributed by atoms with Gasteiger partial charge in [0, 0.05) is 57.7 Å². The van der Waals surface area contributed by atoms with Crippen molar-refractivity contribution in [2.45, 2.75) is 0 Å². The molecule has 5 aromatic heterocycles. The number of aliphatic imine (C=N–C) groups is 8. The number of benzene rings is 10. The van der Waals surface area contributed by atoms with E-state index in [9.17, 15) is 0 Å². The van der Waals surface area contributed by atoms with Crippen LogP contribution in [0.1, 0.15) is 80.0 Å². The molecule has 9 aliphatic heterocycles. The van der Waals surface area contributed by atoms with E-state index in [1.807, 2.05) is 158 Å². The predicted molar refractivity (Wildman–Crippen MR) is 467 cm³/mol. The fourth-order valence-electron chi connectivity index (χ4n) is 14.3. The Morgan fingerprint density at radius 1 is 0.262 bits per heavy atom. The van der Waals surface area contributed by atoms with E-state index in [4.69, 9.17) is 29.9 Å². The molecule has 15 aromatic rings. The van der Waals surface area contributed by atoms with Crippen LogP contribution in [0.4, 0.5) is 23.3 Å². The molecule has 0 saturated heterocycles. The summed E-state index contributed by atoms with van der Waals surface area (Å²) in [6.45, 7) is 0. The average Bonchev–Trinajstić information content (AvgIpc) is 1.62. The maximum absolute atomic E-state index is 5.08. The summed E-state index contributed by atoms with van der Waals surface area (Å²) in [6.07, 6.45) is 22.0. The average molecular weight is 2290 g/mol. The number of allylic oxidation sites excluding steroid dienone is 2. The van der Waals surface area contributed by atoms with Crippen molar-refractivity contribution in [1.29, 1.82) is 0 Å². The van der Waals surface area contributed by atoms with Crippen LogP contribution in [-0.2, 0) is 84.3 Å². The Labute approximate surface area is 755 Å². The van der Waals surface area contributed by atoms with E-state index in [2.05, 4.69) is 215 Å². The van der Waals surface area contributed by atoms with Crippen molar-refractivity contribution in [2.75, 3.05) is 0 Å². The van der Waals surface area contributed by atoms with E-state index < -0.39 is 0 Å².